The highest BCUT2D eigenvalue weighted by Crippen LogP contribution is 2.28. The Bertz CT molecular complexity index is 459. The number of methoxy groups -OCH3 is 1. The van der Waals surface area contributed by atoms with E-state index in [-0.39, 0.29) is 12.5 Å². The van der Waals surface area contributed by atoms with Gasteiger partial charge < -0.3 is 15.4 Å². The number of anilines is 1. The van der Waals surface area contributed by atoms with Gasteiger partial charge in [0.25, 0.3) is 0 Å². The van der Waals surface area contributed by atoms with Crippen LogP contribution >= 0.6 is 0 Å². The minimum Gasteiger partial charge on any atom is -0.468 e. The van der Waals surface area contributed by atoms with Crippen molar-refractivity contribution < 1.29 is 14.3 Å². The fourth-order valence-electron chi connectivity index (χ4n) is 1.94. The van der Waals surface area contributed by atoms with Gasteiger partial charge in [0.05, 0.1) is 20.1 Å². The fourth-order valence-corrected chi connectivity index (χ4v) is 1.94. The number of esters is 1. The largest absolute Gasteiger partial charge is 0.468 e. The van der Waals surface area contributed by atoms with Crippen LogP contribution in [0.3, 0.4) is 0 Å². The molecule has 1 aromatic carbocycles. The predicted octanol–water partition coefficient (Wildman–Crippen LogP) is 0.0760. The number of carbonyl (C=O) groups excluding carboxylic acids is 2. The number of fused-ring (bicyclic) bond motifs is 1. The minimum absolute atomic E-state index is 0.0365. The SMILES string of the molecule is COC(=O)[C@@H](N)CN1C(=O)Cc2ccccc21. The predicted molar refractivity (Wildman–Crippen MR) is 62.5 cm³/mol. The standard InChI is InChI=1S/C12H14N2O3/c1-17-12(16)9(13)7-14-10-5-3-2-4-8(10)6-11(14)15/h2-5,9H,6-7,13H2,1H3/t9-/m0/s1. The molecule has 5 nitrogen and oxygen atoms in total. The van der Waals surface area contributed by atoms with Crippen LogP contribution < -0.4 is 10.6 Å². The van der Waals surface area contributed by atoms with E-state index < -0.39 is 12.0 Å². The molecule has 0 aromatic heterocycles. The molecule has 0 saturated heterocycles. The lowest BCUT2D eigenvalue weighted by Gasteiger charge is -2.20. The second-order valence-corrected chi connectivity index (χ2v) is 3.94. The number of ether oxygens (including phenoxy) is 1. The van der Waals surface area contributed by atoms with Crippen molar-refractivity contribution >= 4 is 17.6 Å². The molecule has 0 spiro atoms. The van der Waals surface area contributed by atoms with E-state index in [1.807, 2.05) is 24.3 Å². The Morgan fingerprint density at radius 1 is 1.53 bits per heavy atom. The molecule has 1 heterocycles. The Morgan fingerprint density at radius 2 is 2.24 bits per heavy atom. The second-order valence-electron chi connectivity index (χ2n) is 3.94. The van der Waals surface area contributed by atoms with Crippen molar-refractivity contribution in [2.75, 3.05) is 18.6 Å². The summed E-state index contributed by atoms with van der Waals surface area (Å²) in [4.78, 5) is 24.6. The van der Waals surface area contributed by atoms with E-state index in [9.17, 15) is 9.59 Å². The summed E-state index contributed by atoms with van der Waals surface area (Å²) in [5.41, 5.74) is 7.46. The molecule has 2 rings (SSSR count). The minimum atomic E-state index is -0.810. The zero-order valence-corrected chi connectivity index (χ0v) is 9.55. The van der Waals surface area contributed by atoms with Crippen molar-refractivity contribution in [3.63, 3.8) is 0 Å². The highest BCUT2D eigenvalue weighted by Gasteiger charge is 2.29. The number of hydrogen-bond acceptors (Lipinski definition) is 4. The number of benzene rings is 1. The maximum Gasteiger partial charge on any atom is 0.324 e. The number of rotatable bonds is 3. The van der Waals surface area contributed by atoms with Crippen molar-refractivity contribution in [1.82, 2.24) is 0 Å². The van der Waals surface area contributed by atoms with Gasteiger partial charge in [0, 0.05) is 5.69 Å². The molecule has 0 fully saturated rings. The molecule has 1 aromatic rings. The van der Waals surface area contributed by atoms with E-state index >= 15 is 0 Å². The van der Waals surface area contributed by atoms with Crippen molar-refractivity contribution in [2.45, 2.75) is 12.5 Å². The number of carbonyl (C=O) groups is 2. The molecular formula is C12H14N2O3. The molecule has 2 N–H and O–H groups in total. The molecule has 0 bridgehead atoms. The summed E-state index contributed by atoms with van der Waals surface area (Å²) < 4.78 is 4.54. The van der Waals surface area contributed by atoms with Gasteiger partial charge in [-0.05, 0) is 11.6 Å². The molecule has 0 radical (unpaired) electrons. The molecule has 0 unspecified atom stereocenters. The quantitative estimate of drug-likeness (QED) is 0.751. The third kappa shape index (κ3) is 2.14. The van der Waals surface area contributed by atoms with Gasteiger partial charge in [-0.1, -0.05) is 18.2 Å². The van der Waals surface area contributed by atoms with Gasteiger partial charge in [-0.25, -0.2) is 0 Å². The molecular weight excluding hydrogens is 220 g/mol. The Labute approximate surface area is 99.2 Å². The zero-order valence-electron chi connectivity index (χ0n) is 9.55. The smallest absolute Gasteiger partial charge is 0.324 e. The van der Waals surface area contributed by atoms with E-state index in [0.29, 0.717) is 6.42 Å². The topological polar surface area (TPSA) is 72.6 Å². The first-order valence-corrected chi connectivity index (χ1v) is 5.35. The summed E-state index contributed by atoms with van der Waals surface area (Å²) in [5, 5.41) is 0. The van der Waals surface area contributed by atoms with Crippen LogP contribution in [0.25, 0.3) is 0 Å². The Hall–Kier alpha value is -1.88. The number of hydrogen-bond donors (Lipinski definition) is 1. The number of nitrogens with two attached hydrogens (primary N) is 1. The Balaban J connectivity index is 2.17. The van der Waals surface area contributed by atoms with Crippen molar-refractivity contribution in [1.29, 1.82) is 0 Å². The molecule has 5 heteroatoms. The first kappa shape index (κ1) is 11.6. The van der Waals surface area contributed by atoms with Gasteiger partial charge in [-0.15, -0.1) is 0 Å². The normalized spacial score (nSPS) is 15.6. The first-order chi connectivity index (χ1) is 8.13. The van der Waals surface area contributed by atoms with E-state index in [4.69, 9.17) is 5.73 Å². The first-order valence-electron chi connectivity index (χ1n) is 5.35. The summed E-state index contributed by atoms with van der Waals surface area (Å²) in [6.07, 6.45) is 0.365. The van der Waals surface area contributed by atoms with Crippen molar-refractivity contribution in [3.05, 3.63) is 29.8 Å². The molecule has 1 aliphatic heterocycles. The Morgan fingerprint density at radius 3 is 2.94 bits per heavy atom. The van der Waals surface area contributed by atoms with E-state index in [0.717, 1.165) is 11.3 Å². The van der Waals surface area contributed by atoms with Crippen LogP contribution in [-0.2, 0) is 20.7 Å². The number of nitrogens with zero attached hydrogens (tertiary/aromatic N) is 1. The second kappa shape index (κ2) is 4.55. The summed E-state index contributed by atoms with van der Waals surface area (Å²) in [5.74, 6) is -0.548. The highest BCUT2D eigenvalue weighted by molar-refractivity contribution is 6.01. The molecule has 1 aliphatic rings. The van der Waals surface area contributed by atoms with Crippen LogP contribution in [0.4, 0.5) is 5.69 Å². The molecule has 1 atom stereocenters. The molecule has 17 heavy (non-hydrogen) atoms. The average molecular weight is 234 g/mol. The van der Waals surface area contributed by atoms with Crippen LogP contribution in [0.15, 0.2) is 24.3 Å². The lowest BCUT2D eigenvalue weighted by Crippen LogP contribution is -2.44. The van der Waals surface area contributed by atoms with Gasteiger partial charge in [0.1, 0.15) is 6.04 Å². The van der Waals surface area contributed by atoms with Crippen LogP contribution in [0, 0.1) is 0 Å². The van der Waals surface area contributed by atoms with Gasteiger partial charge >= 0.3 is 5.97 Å². The van der Waals surface area contributed by atoms with Gasteiger partial charge in [-0.3, -0.25) is 9.59 Å². The van der Waals surface area contributed by atoms with Gasteiger partial charge in [0.15, 0.2) is 0 Å². The van der Waals surface area contributed by atoms with Gasteiger partial charge in [-0.2, -0.15) is 0 Å². The summed E-state index contributed by atoms with van der Waals surface area (Å²) >= 11 is 0. The average Bonchev–Trinajstić information content (AvgIpc) is 2.65. The number of para-hydroxylation sites is 1. The third-order valence-electron chi connectivity index (χ3n) is 2.81. The zero-order chi connectivity index (χ0) is 12.4. The molecule has 1 amide bonds. The lowest BCUT2D eigenvalue weighted by molar-refractivity contribution is -0.141. The van der Waals surface area contributed by atoms with Gasteiger partial charge in [0.2, 0.25) is 5.91 Å². The van der Waals surface area contributed by atoms with Crippen LogP contribution in [0.2, 0.25) is 0 Å². The third-order valence-corrected chi connectivity index (χ3v) is 2.81. The van der Waals surface area contributed by atoms with E-state index in [1.54, 1.807) is 0 Å². The Kier molecular flexibility index (Phi) is 3.10. The molecule has 90 valence electrons. The highest BCUT2D eigenvalue weighted by atomic mass is 16.5. The van der Waals surface area contributed by atoms with Crippen molar-refractivity contribution in [2.24, 2.45) is 5.73 Å². The monoisotopic (exact) mass is 234 g/mol. The van der Waals surface area contributed by atoms with E-state index in [2.05, 4.69) is 4.74 Å². The van der Waals surface area contributed by atoms with Crippen LogP contribution in [-0.4, -0.2) is 31.6 Å². The number of amides is 1. The van der Waals surface area contributed by atoms with Crippen LogP contribution in [0.1, 0.15) is 5.56 Å². The molecule has 0 saturated carbocycles. The maximum absolute atomic E-state index is 11.8. The summed E-state index contributed by atoms with van der Waals surface area (Å²) in [6.45, 7) is 0.155. The summed E-state index contributed by atoms with van der Waals surface area (Å²) in [6, 6.07) is 6.68. The molecule has 0 aliphatic carbocycles. The summed E-state index contributed by atoms with van der Waals surface area (Å²) in [7, 11) is 1.28. The lowest BCUT2D eigenvalue weighted by atomic mass is 10.2. The van der Waals surface area contributed by atoms with E-state index in [1.165, 1.54) is 12.0 Å². The van der Waals surface area contributed by atoms with Crippen molar-refractivity contribution in [3.8, 4) is 0 Å². The maximum atomic E-state index is 11.8. The fraction of sp³-hybridized carbons (Fsp3) is 0.333. The van der Waals surface area contributed by atoms with Crippen LogP contribution in [0.5, 0.6) is 0 Å².